The van der Waals surface area contributed by atoms with Gasteiger partial charge in [0, 0.05) is 62.3 Å². The van der Waals surface area contributed by atoms with Crippen molar-refractivity contribution in [1.82, 2.24) is 19.7 Å². The maximum Gasteiger partial charge on any atom is 0.185 e. The van der Waals surface area contributed by atoms with E-state index in [-0.39, 0.29) is 6.10 Å². The average molecular weight is 398 g/mol. The Labute approximate surface area is 170 Å². The van der Waals surface area contributed by atoms with Gasteiger partial charge in [0.2, 0.25) is 0 Å². The standard InChI is InChI=1S/C21H27N5OS/c1-17(2)27-20-5-4-18(14-19(20)16-26-8-3-6-23-26)15-24-9-11-25(12-10-24)21-22-7-13-28-21/h3-8,13-14,17H,9-12,15-16H2,1-2H3. The first-order valence-electron chi connectivity index (χ1n) is 9.80. The fraction of sp³-hybridized carbons (Fsp3) is 0.429. The van der Waals surface area contributed by atoms with Crippen LogP contribution in [-0.2, 0) is 13.1 Å². The molecule has 4 rings (SSSR count). The molecule has 0 spiro atoms. The SMILES string of the molecule is CC(C)Oc1ccc(CN2CCN(c3nccs3)CC2)cc1Cn1cccn1. The third kappa shape index (κ3) is 4.72. The zero-order chi connectivity index (χ0) is 19.3. The summed E-state index contributed by atoms with van der Waals surface area (Å²) < 4.78 is 7.97. The van der Waals surface area contributed by atoms with E-state index in [2.05, 4.69) is 51.9 Å². The monoisotopic (exact) mass is 397 g/mol. The van der Waals surface area contributed by atoms with Crippen LogP contribution in [0.25, 0.3) is 0 Å². The van der Waals surface area contributed by atoms with Gasteiger partial charge < -0.3 is 9.64 Å². The van der Waals surface area contributed by atoms with Gasteiger partial charge in [-0.2, -0.15) is 5.10 Å². The third-order valence-corrected chi connectivity index (χ3v) is 5.68. The van der Waals surface area contributed by atoms with Crippen LogP contribution in [0.2, 0.25) is 0 Å². The zero-order valence-corrected chi connectivity index (χ0v) is 17.3. The Kier molecular flexibility index (Phi) is 5.92. The van der Waals surface area contributed by atoms with Crippen LogP contribution in [0.3, 0.4) is 0 Å². The van der Waals surface area contributed by atoms with E-state index in [1.165, 1.54) is 11.1 Å². The quantitative estimate of drug-likeness (QED) is 0.611. The fourth-order valence-corrected chi connectivity index (χ4v) is 4.22. The van der Waals surface area contributed by atoms with Gasteiger partial charge in [0.25, 0.3) is 0 Å². The molecule has 1 fully saturated rings. The number of anilines is 1. The van der Waals surface area contributed by atoms with E-state index in [1.54, 1.807) is 11.3 Å². The molecule has 0 saturated carbocycles. The molecule has 148 valence electrons. The normalized spacial score (nSPS) is 15.3. The van der Waals surface area contributed by atoms with Crippen molar-refractivity contribution >= 4 is 16.5 Å². The Balaban J connectivity index is 1.43. The first-order chi connectivity index (χ1) is 13.7. The minimum atomic E-state index is 0.154. The molecule has 1 saturated heterocycles. The highest BCUT2D eigenvalue weighted by Crippen LogP contribution is 2.24. The number of piperazine rings is 1. The molecule has 28 heavy (non-hydrogen) atoms. The highest BCUT2D eigenvalue weighted by molar-refractivity contribution is 7.13. The molecular weight excluding hydrogens is 370 g/mol. The summed E-state index contributed by atoms with van der Waals surface area (Å²) >= 11 is 1.72. The Bertz CT molecular complexity index is 855. The minimum absolute atomic E-state index is 0.154. The van der Waals surface area contributed by atoms with Crippen LogP contribution in [0.4, 0.5) is 5.13 Å². The van der Waals surface area contributed by atoms with Gasteiger partial charge in [-0.3, -0.25) is 9.58 Å². The lowest BCUT2D eigenvalue weighted by molar-refractivity contribution is 0.238. The van der Waals surface area contributed by atoms with E-state index in [0.717, 1.165) is 50.1 Å². The lowest BCUT2D eigenvalue weighted by atomic mass is 10.1. The second kappa shape index (κ2) is 8.75. The molecule has 1 aliphatic rings. The number of hydrogen-bond acceptors (Lipinski definition) is 6. The van der Waals surface area contributed by atoms with Crippen molar-refractivity contribution in [1.29, 1.82) is 0 Å². The molecule has 1 aromatic carbocycles. The van der Waals surface area contributed by atoms with E-state index in [4.69, 9.17) is 4.74 Å². The molecule has 0 unspecified atom stereocenters. The van der Waals surface area contributed by atoms with Crippen molar-refractivity contribution in [2.24, 2.45) is 0 Å². The summed E-state index contributed by atoms with van der Waals surface area (Å²) in [7, 11) is 0. The predicted molar refractivity (Wildman–Crippen MR) is 113 cm³/mol. The maximum absolute atomic E-state index is 6.03. The van der Waals surface area contributed by atoms with E-state index in [0.29, 0.717) is 0 Å². The number of benzene rings is 1. The van der Waals surface area contributed by atoms with Crippen LogP contribution in [0.15, 0.2) is 48.2 Å². The maximum atomic E-state index is 6.03. The first kappa shape index (κ1) is 19.0. The van der Waals surface area contributed by atoms with E-state index < -0.39 is 0 Å². The summed E-state index contributed by atoms with van der Waals surface area (Å²) in [6.07, 6.45) is 5.84. The Hall–Kier alpha value is -2.38. The van der Waals surface area contributed by atoms with Crippen LogP contribution >= 0.6 is 11.3 Å². The second-order valence-electron chi connectivity index (χ2n) is 7.39. The molecule has 3 aromatic rings. The van der Waals surface area contributed by atoms with Gasteiger partial charge in [-0.1, -0.05) is 6.07 Å². The van der Waals surface area contributed by atoms with Gasteiger partial charge >= 0.3 is 0 Å². The van der Waals surface area contributed by atoms with Crippen molar-refractivity contribution < 1.29 is 4.74 Å². The molecule has 0 amide bonds. The number of hydrogen-bond donors (Lipinski definition) is 0. The Morgan fingerprint density at radius 3 is 2.64 bits per heavy atom. The van der Waals surface area contributed by atoms with Crippen molar-refractivity contribution in [3.05, 3.63) is 59.4 Å². The fourth-order valence-electron chi connectivity index (χ4n) is 3.52. The van der Waals surface area contributed by atoms with Crippen molar-refractivity contribution in [3.8, 4) is 5.75 Å². The van der Waals surface area contributed by atoms with Crippen LogP contribution in [0.5, 0.6) is 5.75 Å². The van der Waals surface area contributed by atoms with Crippen LogP contribution in [0, 0.1) is 0 Å². The first-order valence-corrected chi connectivity index (χ1v) is 10.7. The minimum Gasteiger partial charge on any atom is -0.491 e. The van der Waals surface area contributed by atoms with Gasteiger partial charge in [-0.05, 0) is 37.6 Å². The second-order valence-corrected chi connectivity index (χ2v) is 8.26. The lowest BCUT2D eigenvalue weighted by Crippen LogP contribution is -2.45. The molecule has 6 nitrogen and oxygen atoms in total. The lowest BCUT2D eigenvalue weighted by Gasteiger charge is -2.34. The summed E-state index contributed by atoms with van der Waals surface area (Å²) in [5, 5.41) is 7.53. The van der Waals surface area contributed by atoms with Gasteiger partial charge in [0.1, 0.15) is 5.75 Å². The zero-order valence-electron chi connectivity index (χ0n) is 16.5. The number of rotatable bonds is 7. The summed E-state index contributed by atoms with van der Waals surface area (Å²) in [4.78, 5) is 9.33. The number of thiazole rings is 1. The van der Waals surface area contributed by atoms with E-state index in [9.17, 15) is 0 Å². The molecular formula is C21H27N5OS. The largest absolute Gasteiger partial charge is 0.491 e. The Morgan fingerprint density at radius 2 is 1.96 bits per heavy atom. The summed E-state index contributed by atoms with van der Waals surface area (Å²) in [6.45, 7) is 9.97. The third-order valence-electron chi connectivity index (χ3n) is 4.85. The molecule has 0 bridgehead atoms. The Morgan fingerprint density at radius 1 is 1.11 bits per heavy atom. The van der Waals surface area contributed by atoms with Crippen molar-refractivity contribution in [2.45, 2.75) is 33.0 Å². The van der Waals surface area contributed by atoms with Crippen LogP contribution in [-0.4, -0.2) is 51.9 Å². The average Bonchev–Trinajstić information content (AvgIpc) is 3.38. The summed E-state index contributed by atoms with van der Waals surface area (Å²) in [5.41, 5.74) is 2.50. The number of nitrogens with zero attached hydrogens (tertiary/aromatic N) is 5. The van der Waals surface area contributed by atoms with Crippen molar-refractivity contribution in [2.75, 3.05) is 31.1 Å². The van der Waals surface area contributed by atoms with Gasteiger partial charge in [-0.25, -0.2) is 4.98 Å². The highest BCUT2D eigenvalue weighted by atomic mass is 32.1. The molecule has 7 heteroatoms. The molecule has 3 heterocycles. The summed E-state index contributed by atoms with van der Waals surface area (Å²) in [6, 6.07) is 8.53. The topological polar surface area (TPSA) is 46.4 Å². The molecule has 2 aromatic heterocycles. The van der Waals surface area contributed by atoms with Crippen LogP contribution in [0.1, 0.15) is 25.0 Å². The molecule has 0 atom stereocenters. The smallest absolute Gasteiger partial charge is 0.185 e. The predicted octanol–water partition coefficient (Wildman–Crippen LogP) is 3.50. The highest BCUT2D eigenvalue weighted by Gasteiger charge is 2.19. The van der Waals surface area contributed by atoms with Crippen molar-refractivity contribution in [3.63, 3.8) is 0 Å². The molecule has 0 aliphatic carbocycles. The van der Waals surface area contributed by atoms with Gasteiger partial charge in [0.05, 0.1) is 12.6 Å². The molecule has 0 radical (unpaired) electrons. The van der Waals surface area contributed by atoms with E-state index in [1.807, 2.05) is 34.7 Å². The van der Waals surface area contributed by atoms with Crippen LogP contribution < -0.4 is 9.64 Å². The van der Waals surface area contributed by atoms with E-state index >= 15 is 0 Å². The summed E-state index contributed by atoms with van der Waals surface area (Å²) in [5.74, 6) is 0.947. The van der Waals surface area contributed by atoms with Gasteiger partial charge in [0.15, 0.2) is 5.13 Å². The number of aromatic nitrogens is 3. The molecule has 1 aliphatic heterocycles. The van der Waals surface area contributed by atoms with Gasteiger partial charge in [-0.15, -0.1) is 11.3 Å². The molecule has 0 N–H and O–H groups in total. The number of ether oxygens (including phenoxy) is 1.